The van der Waals surface area contributed by atoms with Crippen LogP contribution in [0.4, 0.5) is 0 Å². The number of sulfonamides is 1. The van der Waals surface area contributed by atoms with Gasteiger partial charge in [0.05, 0.1) is 12.0 Å². The van der Waals surface area contributed by atoms with Crippen molar-refractivity contribution in [3.05, 3.63) is 59.0 Å². The highest BCUT2D eigenvalue weighted by Gasteiger charge is 2.26. The molecule has 0 saturated carbocycles. The molecule has 0 unspecified atom stereocenters. The van der Waals surface area contributed by atoms with E-state index in [1.54, 1.807) is 10.6 Å². The van der Waals surface area contributed by atoms with Crippen molar-refractivity contribution in [2.75, 3.05) is 6.54 Å². The van der Waals surface area contributed by atoms with Gasteiger partial charge in [-0.15, -0.1) is 0 Å². The van der Waals surface area contributed by atoms with Gasteiger partial charge in [-0.3, -0.25) is 0 Å². The molecule has 0 spiro atoms. The van der Waals surface area contributed by atoms with Crippen molar-refractivity contribution >= 4 is 10.0 Å². The maximum atomic E-state index is 12.7. The van der Waals surface area contributed by atoms with Crippen LogP contribution in [0.25, 0.3) is 0 Å². The largest absolute Gasteiger partial charge is 0.469 e. The number of aryl methyl sites for hydroxylation is 2. The molecule has 1 aliphatic heterocycles. The summed E-state index contributed by atoms with van der Waals surface area (Å²) in [6, 6.07) is 9.71. The quantitative estimate of drug-likeness (QED) is 0.870. The summed E-state index contributed by atoms with van der Waals surface area (Å²) in [7, 11) is -3.31. The van der Waals surface area contributed by atoms with Gasteiger partial charge in [-0.25, -0.2) is 8.42 Å². The summed E-state index contributed by atoms with van der Waals surface area (Å²) in [6.07, 6.45) is 4.21. The minimum atomic E-state index is -3.31. The summed E-state index contributed by atoms with van der Waals surface area (Å²) in [4.78, 5) is 0. The van der Waals surface area contributed by atoms with Crippen LogP contribution in [-0.4, -0.2) is 19.3 Å². The van der Waals surface area contributed by atoms with Crippen molar-refractivity contribution < 1.29 is 12.8 Å². The van der Waals surface area contributed by atoms with E-state index >= 15 is 0 Å². The van der Waals surface area contributed by atoms with Gasteiger partial charge in [0, 0.05) is 25.1 Å². The van der Waals surface area contributed by atoms with Gasteiger partial charge < -0.3 is 4.42 Å². The smallest absolute Gasteiger partial charge is 0.218 e. The first-order valence-corrected chi connectivity index (χ1v) is 9.30. The lowest BCUT2D eigenvalue weighted by Crippen LogP contribution is -2.31. The first kappa shape index (κ1) is 15.3. The number of furan rings is 1. The fourth-order valence-corrected chi connectivity index (χ4v) is 4.36. The Bertz CT molecular complexity index is 732. The fraction of sp³-hybridized carbons (Fsp3) is 0.412. The molecule has 0 radical (unpaired) electrons. The molecule has 0 bridgehead atoms. The van der Waals surface area contributed by atoms with E-state index in [9.17, 15) is 8.42 Å². The van der Waals surface area contributed by atoms with Gasteiger partial charge in [0.25, 0.3) is 0 Å². The van der Waals surface area contributed by atoms with Gasteiger partial charge >= 0.3 is 0 Å². The van der Waals surface area contributed by atoms with E-state index in [1.807, 2.05) is 30.3 Å². The molecule has 22 heavy (non-hydrogen) atoms. The highest BCUT2D eigenvalue weighted by molar-refractivity contribution is 7.88. The summed E-state index contributed by atoms with van der Waals surface area (Å²) in [5.41, 5.74) is 3.05. The number of fused-ring (bicyclic) bond motifs is 1. The topological polar surface area (TPSA) is 50.5 Å². The van der Waals surface area contributed by atoms with Crippen molar-refractivity contribution in [1.82, 2.24) is 4.31 Å². The van der Waals surface area contributed by atoms with Gasteiger partial charge in [0.2, 0.25) is 10.0 Å². The van der Waals surface area contributed by atoms with Gasteiger partial charge in [-0.1, -0.05) is 31.2 Å². The highest BCUT2D eigenvalue weighted by Crippen LogP contribution is 2.23. The molecular weight excluding hydrogens is 298 g/mol. The van der Waals surface area contributed by atoms with Crippen LogP contribution in [0.5, 0.6) is 0 Å². The Kier molecular flexibility index (Phi) is 4.36. The second-order valence-corrected chi connectivity index (χ2v) is 7.70. The van der Waals surface area contributed by atoms with Crippen LogP contribution < -0.4 is 0 Å². The Hall–Kier alpha value is -1.59. The second-order valence-electron chi connectivity index (χ2n) is 5.73. The maximum absolute atomic E-state index is 12.7. The molecule has 0 fully saturated rings. The Morgan fingerprint density at radius 2 is 1.86 bits per heavy atom. The Balaban J connectivity index is 1.77. The molecular formula is C17H21NO3S. The van der Waals surface area contributed by atoms with Crippen LogP contribution in [0, 0.1) is 0 Å². The monoisotopic (exact) mass is 319 g/mol. The van der Waals surface area contributed by atoms with E-state index in [-0.39, 0.29) is 5.75 Å². The maximum Gasteiger partial charge on any atom is 0.218 e. The van der Waals surface area contributed by atoms with Crippen LogP contribution in [0.1, 0.15) is 35.8 Å². The number of rotatable bonds is 4. The lowest BCUT2D eigenvalue weighted by atomic mass is 10.1. The average molecular weight is 319 g/mol. The first-order chi connectivity index (χ1) is 10.6. The Morgan fingerprint density at radius 3 is 2.59 bits per heavy atom. The summed E-state index contributed by atoms with van der Waals surface area (Å²) in [6.45, 7) is 3.06. The van der Waals surface area contributed by atoms with Crippen LogP contribution in [0.3, 0.4) is 0 Å². The number of hydrogen-bond acceptors (Lipinski definition) is 3. The minimum absolute atomic E-state index is 0.0597. The normalized spacial score (nSPS) is 16.2. The average Bonchev–Trinajstić information content (AvgIpc) is 2.84. The summed E-state index contributed by atoms with van der Waals surface area (Å²) < 4.78 is 32.4. The summed E-state index contributed by atoms with van der Waals surface area (Å²) >= 11 is 0. The van der Waals surface area contributed by atoms with E-state index in [0.717, 1.165) is 36.1 Å². The van der Waals surface area contributed by atoms with Crippen LogP contribution in [0.2, 0.25) is 0 Å². The van der Waals surface area contributed by atoms with Gasteiger partial charge in [0.1, 0.15) is 5.76 Å². The molecule has 2 aromatic rings. The SMILES string of the molecule is CCc1ccc(CS(=O)(=O)N2CCCc3occc3C2)cc1. The molecule has 118 valence electrons. The van der Waals surface area contributed by atoms with E-state index in [4.69, 9.17) is 4.42 Å². The molecule has 0 N–H and O–H groups in total. The molecule has 5 heteroatoms. The minimum Gasteiger partial charge on any atom is -0.469 e. The molecule has 4 nitrogen and oxygen atoms in total. The molecule has 0 saturated heterocycles. The third-order valence-electron chi connectivity index (χ3n) is 4.17. The fourth-order valence-electron chi connectivity index (χ4n) is 2.82. The molecule has 0 amide bonds. The third-order valence-corrected chi connectivity index (χ3v) is 5.97. The third kappa shape index (κ3) is 3.25. The molecule has 0 atom stereocenters. The molecule has 0 aliphatic carbocycles. The zero-order valence-electron chi connectivity index (χ0n) is 12.8. The molecule has 1 aromatic carbocycles. The van der Waals surface area contributed by atoms with Crippen LogP contribution in [0.15, 0.2) is 41.0 Å². The Labute approximate surface area is 131 Å². The lowest BCUT2D eigenvalue weighted by Gasteiger charge is -2.20. The zero-order chi connectivity index (χ0) is 15.6. The van der Waals surface area contributed by atoms with E-state index in [1.165, 1.54) is 5.56 Å². The predicted molar refractivity (Wildman–Crippen MR) is 85.9 cm³/mol. The molecule has 1 aromatic heterocycles. The predicted octanol–water partition coefficient (Wildman–Crippen LogP) is 3.12. The van der Waals surface area contributed by atoms with Crippen molar-refractivity contribution in [3.8, 4) is 0 Å². The van der Waals surface area contributed by atoms with E-state index in [0.29, 0.717) is 13.1 Å². The first-order valence-electron chi connectivity index (χ1n) is 7.69. The number of nitrogens with zero attached hydrogens (tertiary/aromatic N) is 1. The van der Waals surface area contributed by atoms with Crippen molar-refractivity contribution in [2.45, 2.75) is 38.5 Å². The second kappa shape index (κ2) is 6.26. The van der Waals surface area contributed by atoms with Crippen molar-refractivity contribution in [3.63, 3.8) is 0 Å². The summed E-state index contributed by atoms with van der Waals surface area (Å²) in [5.74, 6) is 0.981. The van der Waals surface area contributed by atoms with Crippen molar-refractivity contribution in [2.24, 2.45) is 0 Å². The van der Waals surface area contributed by atoms with Crippen LogP contribution >= 0.6 is 0 Å². The van der Waals surface area contributed by atoms with Crippen LogP contribution in [-0.2, 0) is 35.2 Å². The van der Waals surface area contributed by atoms with Gasteiger partial charge in [0.15, 0.2) is 0 Å². The molecule has 1 aliphatic rings. The summed E-state index contributed by atoms with van der Waals surface area (Å²) in [5, 5.41) is 0. The molecule has 3 rings (SSSR count). The standard InChI is InChI=1S/C17H21NO3S/c1-2-14-5-7-15(8-6-14)13-22(19,20)18-10-3-4-17-16(12-18)9-11-21-17/h5-9,11H,2-4,10,12-13H2,1H3. The van der Waals surface area contributed by atoms with Gasteiger partial charge in [-0.05, 0) is 30.0 Å². The molecule has 2 heterocycles. The van der Waals surface area contributed by atoms with Crippen molar-refractivity contribution in [1.29, 1.82) is 0 Å². The Morgan fingerprint density at radius 1 is 1.14 bits per heavy atom. The number of benzene rings is 1. The number of hydrogen-bond donors (Lipinski definition) is 0. The van der Waals surface area contributed by atoms with E-state index < -0.39 is 10.0 Å². The zero-order valence-corrected chi connectivity index (χ0v) is 13.6. The highest BCUT2D eigenvalue weighted by atomic mass is 32.2. The lowest BCUT2D eigenvalue weighted by molar-refractivity contribution is 0.408. The van der Waals surface area contributed by atoms with E-state index in [2.05, 4.69) is 6.92 Å². The van der Waals surface area contributed by atoms with Gasteiger partial charge in [-0.2, -0.15) is 4.31 Å².